The molecule has 5 nitrogen and oxygen atoms in total. The zero-order chi connectivity index (χ0) is 14.3. The lowest BCUT2D eigenvalue weighted by molar-refractivity contribution is 0.0627. The van der Waals surface area contributed by atoms with Crippen molar-refractivity contribution in [3.63, 3.8) is 0 Å². The van der Waals surface area contributed by atoms with Gasteiger partial charge in [-0.15, -0.1) is 0 Å². The van der Waals surface area contributed by atoms with Gasteiger partial charge in [0, 0.05) is 18.7 Å². The largest absolute Gasteiger partial charge is 0.409 e. The van der Waals surface area contributed by atoms with Gasteiger partial charge in [-0.3, -0.25) is 4.90 Å². The fraction of sp³-hybridized carbons (Fsp3) is 0.500. The number of nitrogens with zero attached hydrogens (tertiary/aromatic N) is 2. The summed E-state index contributed by atoms with van der Waals surface area (Å²) in [6.07, 6.45) is 0.272. The average molecular weight is 265 g/mol. The minimum Gasteiger partial charge on any atom is -0.409 e. The summed E-state index contributed by atoms with van der Waals surface area (Å²) in [5.74, 6) is 0.130. The number of hydrogen-bond donors (Lipinski definition) is 2. The van der Waals surface area contributed by atoms with Crippen LogP contribution in [0.25, 0.3) is 0 Å². The van der Waals surface area contributed by atoms with Crippen molar-refractivity contribution < 1.29 is 9.94 Å². The molecular formula is C14H23N3O2. The van der Waals surface area contributed by atoms with Crippen LogP contribution < -0.4 is 5.73 Å². The Labute approximate surface area is 114 Å². The minimum atomic E-state index is 0.130. The average Bonchev–Trinajstić information content (AvgIpc) is 2.38. The summed E-state index contributed by atoms with van der Waals surface area (Å²) >= 11 is 0. The van der Waals surface area contributed by atoms with E-state index in [0.717, 1.165) is 25.3 Å². The molecule has 1 aromatic carbocycles. The predicted molar refractivity (Wildman–Crippen MR) is 76.4 cm³/mol. The topological polar surface area (TPSA) is 71.1 Å². The SMILES string of the molecule is CC(C)OCCN(C)Cc1ccc(/C(N)=N/O)cc1. The van der Waals surface area contributed by atoms with Crippen LogP contribution >= 0.6 is 0 Å². The number of ether oxygens (including phenoxy) is 1. The number of nitrogens with two attached hydrogens (primary N) is 1. The third kappa shape index (κ3) is 5.72. The fourth-order valence-electron chi connectivity index (χ4n) is 1.67. The molecule has 0 atom stereocenters. The maximum atomic E-state index is 8.59. The molecule has 106 valence electrons. The highest BCUT2D eigenvalue weighted by Crippen LogP contribution is 2.06. The van der Waals surface area contributed by atoms with Gasteiger partial charge in [-0.1, -0.05) is 29.4 Å². The van der Waals surface area contributed by atoms with Crippen molar-refractivity contribution in [2.45, 2.75) is 26.5 Å². The Morgan fingerprint density at radius 1 is 1.37 bits per heavy atom. The lowest BCUT2D eigenvalue weighted by Crippen LogP contribution is -2.24. The summed E-state index contributed by atoms with van der Waals surface area (Å²) < 4.78 is 5.51. The van der Waals surface area contributed by atoms with Crippen molar-refractivity contribution in [3.8, 4) is 0 Å². The Kier molecular flexibility index (Phi) is 6.32. The van der Waals surface area contributed by atoms with Crippen molar-refractivity contribution in [1.29, 1.82) is 0 Å². The first-order chi connectivity index (χ1) is 9.02. The Hall–Kier alpha value is -1.59. The Bertz CT molecular complexity index is 402. The summed E-state index contributed by atoms with van der Waals surface area (Å²) in [6, 6.07) is 7.66. The van der Waals surface area contributed by atoms with Crippen molar-refractivity contribution in [2.75, 3.05) is 20.2 Å². The molecule has 19 heavy (non-hydrogen) atoms. The zero-order valence-electron chi connectivity index (χ0n) is 11.8. The molecule has 0 spiro atoms. The normalized spacial score (nSPS) is 12.4. The molecular weight excluding hydrogens is 242 g/mol. The van der Waals surface area contributed by atoms with E-state index in [0.29, 0.717) is 0 Å². The van der Waals surface area contributed by atoms with Crippen LogP contribution in [-0.2, 0) is 11.3 Å². The van der Waals surface area contributed by atoms with E-state index in [1.807, 2.05) is 38.1 Å². The lowest BCUT2D eigenvalue weighted by atomic mass is 10.1. The van der Waals surface area contributed by atoms with E-state index in [1.54, 1.807) is 0 Å². The van der Waals surface area contributed by atoms with Gasteiger partial charge in [0.15, 0.2) is 5.84 Å². The number of amidine groups is 1. The Morgan fingerprint density at radius 2 is 2.00 bits per heavy atom. The fourth-order valence-corrected chi connectivity index (χ4v) is 1.67. The van der Waals surface area contributed by atoms with E-state index in [1.165, 1.54) is 5.56 Å². The summed E-state index contributed by atoms with van der Waals surface area (Å²) in [6.45, 7) is 6.53. The van der Waals surface area contributed by atoms with E-state index in [9.17, 15) is 0 Å². The maximum Gasteiger partial charge on any atom is 0.170 e. The monoisotopic (exact) mass is 265 g/mol. The second-order valence-electron chi connectivity index (χ2n) is 4.84. The van der Waals surface area contributed by atoms with Crippen LogP contribution in [-0.4, -0.2) is 42.2 Å². The highest BCUT2D eigenvalue weighted by Gasteiger charge is 2.03. The van der Waals surface area contributed by atoms with Crippen LogP contribution in [0.2, 0.25) is 0 Å². The first-order valence-corrected chi connectivity index (χ1v) is 6.40. The van der Waals surface area contributed by atoms with Crippen molar-refractivity contribution in [3.05, 3.63) is 35.4 Å². The van der Waals surface area contributed by atoms with Crippen LogP contribution in [0.3, 0.4) is 0 Å². The van der Waals surface area contributed by atoms with Gasteiger partial charge in [0.05, 0.1) is 12.7 Å². The van der Waals surface area contributed by atoms with E-state index in [4.69, 9.17) is 15.7 Å². The smallest absolute Gasteiger partial charge is 0.170 e. The quantitative estimate of drug-likeness (QED) is 0.340. The molecule has 0 aliphatic heterocycles. The van der Waals surface area contributed by atoms with Gasteiger partial charge in [0.25, 0.3) is 0 Å². The highest BCUT2D eigenvalue weighted by atomic mass is 16.5. The van der Waals surface area contributed by atoms with Crippen LogP contribution in [0.1, 0.15) is 25.0 Å². The molecule has 5 heteroatoms. The van der Waals surface area contributed by atoms with Gasteiger partial charge in [-0.2, -0.15) is 0 Å². The van der Waals surface area contributed by atoms with E-state index >= 15 is 0 Å². The van der Waals surface area contributed by atoms with E-state index in [2.05, 4.69) is 17.1 Å². The third-order valence-electron chi connectivity index (χ3n) is 2.73. The van der Waals surface area contributed by atoms with E-state index < -0.39 is 0 Å². The lowest BCUT2D eigenvalue weighted by Gasteiger charge is -2.17. The summed E-state index contributed by atoms with van der Waals surface area (Å²) in [5, 5.41) is 11.6. The van der Waals surface area contributed by atoms with Crippen molar-refractivity contribution in [2.24, 2.45) is 10.9 Å². The third-order valence-corrected chi connectivity index (χ3v) is 2.73. The van der Waals surface area contributed by atoms with Crippen LogP contribution in [0.4, 0.5) is 0 Å². The zero-order valence-corrected chi connectivity index (χ0v) is 11.8. The number of benzene rings is 1. The number of rotatable bonds is 7. The standard InChI is InChI=1S/C14H23N3O2/c1-11(2)19-9-8-17(3)10-12-4-6-13(7-5-12)14(15)16-18/h4-7,11,18H,8-10H2,1-3H3,(H2,15,16). The second-order valence-corrected chi connectivity index (χ2v) is 4.84. The summed E-state index contributed by atoms with van der Waals surface area (Å²) in [4.78, 5) is 2.20. The second kappa shape index (κ2) is 7.76. The van der Waals surface area contributed by atoms with Gasteiger partial charge in [0.2, 0.25) is 0 Å². The molecule has 0 bridgehead atoms. The molecule has 0 saturated heterocycles. The molecule has 0 aliphatic rings. The predicted octanol–water partition coefficient (Wildman–Crippen LogP) is 1.64. The Balaban J connectivity index is 2.44. The number of hydrogen-bond acceptors (Lipinski definition) is 4. The molecule has 1 rings (SSSR count). The first-order valence-electron chi connectivity index (χ1n) is 6.40. The molecule has 3 N–H and O–H groups in total. The molecule has 0 unspecified atom stereocenters. The molecule has 0 radical (unpaired) electrons. The molecule has 0 aliphatic carbocycles. The highest BCUT2D eigenvalue weighted by molar-refractivity contribution is 5.96. The van der Waals surface area contributed by atoms with Crippen molar-refractivity contribution in [1.82, 2.24) is 4.90 Å². The first kappa shape index (κ1) is 15.5. The summed E-state index contributed by atoms with van der Waals surface area (Å²) in [7, 11) is 2.06. The molecule has 1 aromatic rings. The van der Waals surface area contributed by atoms with Gasteiger partial charge in [-0.05, 0) is 26.5 Å². The van der Waals surface area contributed by atoms with Gasteiger partial charge >= 0.3 is 0 Å². The molecule has 0 heterocycles. The Morgan fingerprint density at radius 3 is 2.53 bits per heavy atom. The van der Waals surface area contributed by atoms with Crippen LogP contribution in [0.5, 0.6) is 0 Å². The minimum absolute atomic E-state index is 0.130. The van der Waals surface area contributed by atoms with Gasteiger partial charge < -0.3 is 15.7 Å². The van der Waals surface area contributed by atoms with Gasteiger partial charge in [-0.25, -0.2) is 0 Å². The van der Waals surface area contributed by atoms with E-state index in [-0.39, 0.29) is 11.9 Å². The molecule has 0 amide bonds. The number of oxime groups is 1. The molecule has 0 aromatic heterocycles. The van der Waals surface area contributed by atoms with Gasteiger partial charge in [0.1, 0.15) is 0 Å². The molecule has 0 fully saturated rings. The number of likely N-dealkylation sites (N-methyl/N-ethyl adjacent to an activating group) is 1. The summed E-state index contributed by atoms with van der Waals surface area (Å²) in [5.41, 5.74) is 7.41. The maximum absolute atomic E-state index is 8.59. The molecule has 0 saturated carbocycles. The van der Waals surface area contributed by atoms with Crippen molar-refractivity contribution >= 4 is 5.84 Å². The van der Waals surface area contributed by atoms with Crippen LogP contribution in [0, 0.1) is 0 Å². The van der Waals surface area contributed by atoms with Crippen LogP contribution in [0.15, 0.2) is 29.4 Å².